The largest absolute Gasteiger partial charge is 0.483 e. The number of nitrogens with one attached hydrogen (secondary N) is 1. The number of carbonyl (C=O) groups is 1. The SMILES string of the molecule is Nc1cccc(NC(=O)COc2ccc(Br)cc2Br)c1. The second-order valence-electron chi connectivity index (χ2n) is 4.04. The molecule has 0 saturated carbocycles. The quantitative estimate of drug-likeness (QED) is 0.768. The summed E-state index contributed by atoms with van der Waals surface area (Å²) in [4.78, 5) is 11.8. The van der Waals surface area contributed by atoms with Crippen molar-refractivity contribution in [3.8, 4) is 5.75 Å². The summed E-state index contributed by atoms with van der Waals surface area (Å²) in [5.74, 6) is 0.362. The van der Waals surface area contributed by atoms with Crippen molar-refractivity contribution in [3.05, 3.63) is 51.4 Å². The lowest BCUT2D eigenvalue weighted by molar-refractivity contribution is -0.118. The summed E-state index contributed by atoms with van der Waals surface area (Å²) in [5.41, 5.74) is 6.88. The Hall–Kier alpha value is -1.53. The molecule has 20 heavy (non-hydrogen) atoms. The van der Waals surface area contributed by atoms with E-state index in [0.717, 1.165) is 8.95 Å². The lowest BCUT2D eigenvalue weighted by atomic mass is 10.3. The number of rotatable bonds is 4. The van der Waals surface area contributed by atoms with Crippen LogP contribution in [0.4, 0.5) is 11.4 Å². The predicted molar refractivity (Wildman–Crippen MR) is 86.8 cm³/mol. The maximum atomic E-state index is 11.8. The van der Waals surface area contributed by atoms with Crippen LogP contribution in [0, 0.1) is 0 Å². The van der Waals surface area contributed by atoms with Gasteiger partial charge in [-0.05, 0) is 52.3 Å². The third-order valence-corrected chi connectivity index (χ3v) is 3.54. The summed E-state index contributed by atoms with van der Waals surface area (Å²) >= 11 is 6.72. The van der Waals surface area contributed by atoms with E-state index in [1.54, 1.807) is 30.3 Å². The van der Waals surface area contributed by atoms with Gasteiger partial charge in [0.15, 0.2) is 6.61 Å². The average molecular weight is 400 g/mol. The summed E-state index contributed by atoms with van der Waals surface area (Å²) in [5, 5.41) is 2.72. The van der Waals surface area contributed by atoms with E-state index < -0.39 is 0 Å². The molecule has 2 aromatic carbocycles. The first-order valence-corrected chi connectivity index (χ1v) is 7.36. The van der Waals surface area contributed by atoms with Crippen molar-refractivity contribution < 1.29 is 9.53 Å². The molecule has 4 nitrogen and oxygen atoms in total. The number of nitrogens with two attached hydrogens (primary N) is 1. The molecule has 0 radical (unpaired) electrons. The van der Waals surface area contributed by atoms with Crippen LogP contribution in [0.15, 0.2) is 51.4 Å². The number of hydrogen-bond acceptors (Lipinski definition) is 3. The van der Waals surface area contributed by atoms with Crippen LogP contribution in [0.3, 0.4) is 0 Å². The number of anilines is 2. The smallest absolute Gasteiger partial charge is 0.262 e. The molecule has 0 atom stereocenters. The maximum Gasteiger partial charge on any atom is 0.262 e. The van der Waals surface area contributed by atoms with Gasteiger partial charge in [0.05, 0.1) is 4.47 Å². The number of hydrogen-bond donors (Lipinski definition) is 2. The minimum absolute atomic E-state index is 0.0744. The van der Waals surface area contributed by atoms with Crippen LogP contribution in [0.5, 0.6) is 5.75 Å². The van der Waals surface area contributed by atoms with Crippen LogP contribution >= 0.6 is 31.9 Å². The van der Waals surface area contributed by atoms with Gasteiger partial charge < -0.3 is 15.8 Å². The molecule has 0 fully saturated rings. The Bertz CT molecular complexity index is 632. The molecule has 0 aromatic heterocycles. The Morgan fingerprint density at radius 2 is 2.00 bits per heavy atom. The highest BCUT2D eigenvalue weighted by molar-refractivity contribution is 9.11. The zero-order valence-corrected chi connectivity index (χ0v) is 13.6. The molecule has 2 rings (SSSR count). The van der Waals surface area contributed by atoms with Crippen molar-refractivity contribution in [2.75, 3.05) is 17.7 Å². The summed E-state index contributed by atoms with van der Waals surface area (Å²) in [7, 11) is 0. The third-order valence-electron chi connectivity index (χ3n) is 2.42. The molecule has 0 heterocycles. The molecule has 0 spiro atoms. The second kappa shape index (κ2) is 6.76. The van der Waals surface area contributed by atoms with Gasteiger partial charge in [0, 0.05) is 15.8 Å². The zero-order valence-electron chi connectivity index (χ0n) is 10.4. The van der Waals surface area contributed by atoms with E-state index in [-0.39, 0.29) is 12.5 Å². The molecular formula is C14H12Br2N2O2. The van der Waals surface area contributed by atoms with E-state index in [1.807, 2.05) is 12.1 Å². The Morgan fingerprint density at radius 3 is 2.70 bits per heavy atom. The van der Waals surface area contributed by atoms with E-state index >= 15 is 0 Å². The van der Waals surface area contributed by atoms with Crippen molar-refractivity contribution in [1.29, 1.82) is 0 Å². The number of ether oxygens (including phenoxy) is 1. The summed E-state index contributed by atoms with van der Waals surface area (Å²) in [6, 6.07) is 12.5. The Morgan fingerprint density at radius 1 is 1.20 bits per heavy atom. The molecule has 0 aliphatic heterocycles. The molecule has 0 aliphatic rings. The lowest BCUT2D eigenvalue weighted by Crippen LogP contribution is -2.20. The van der Waals surface area contributed by atoms with Gasteiger partial charge in [0.2, 0.25) is 0 Å². The Labute approximate surface area is 133 Å². The number of carbonyl (C=O) groups excluding carboxylic acids is 1. The minimum Gasteiger partial charge on any atom is -0.483 e. The van der Waals surface area contributed by atoms with Crippen molar-refractivity contribution in [2.24, 2.45) is 0 Å². The van der Waals surface area contributed by atoms with E-state index in [0.29, 0.717) is 17.1 Å². The normalized spacial score (nSPS) is 10.1. The zero-order chi connectivity index (χ0) is 14.5. The van der Waals surface area contributed by atoms with E-state index in [9.17, 15) is 4.79 Å². The molecule has 3 N–H and O–H groups in total. The molecule has 0 bridgehead atoms. The van der Waals surface area contributed by atoms with Gasteiger partial charge in [-0.3, -0.25) is 4.79 Å². The molecular weight excluding hydrogens is 388 g/mol. The molecule has 104 valence electrons. The van der Waals surface area contributed by atoms with Gasteiger partial charge >= 0.3 is 0 Å². The van der Waals surface area contributed by atoms with Gasteiger partial charge in [-0.2, -0.15) is 0 Å². The highest BCUT2D eigenvalue weighted by atomic mass is 79.9. The standard InChI is InChI=1S/C14H12Br2N2O2/c15-9-4-5-13(12(16)6-9)20-8-14(19)18-11-3-1-2-10(17)7-11/h1-7H,8,17H2,(H,18,19). The van der Waals surface area contributed by atoms with Crippen LogP contribution in [0.2, 0.25) is 0 Å². The lowest BCUT2D eigenvalue weighted by Gasteiger charge is -2.09. The number of nitrogen functional groups attached to an aromatic ring is 1. The van der Waals surface area contributed by atoms with Crippen LogP contribution in [-0.4, -0.2) is 12.5 Å². The molecule has 2 aromatic rings. The monoisotopic (exact) mass is 398 g/mol. The van der Waals surface area contributed by atoms with Crippen LogP contribution in [-0.2, 0) is 4.79 Å². The first-order valence-electron chi connectivity index (χ1n) is 5.78. The Balaban J connectivity index is 1.92. The highest BCUT2D eigenvalue weighted by Crippen LogP contribution is 2.28. The fourth-order valence-corrected chi connectivity index (χ4v) is 2.71. The predicted octanol–water partition coefficient (Wildman–Crippen LogP) is 3.81. The molecule has 0 saturated heterocycles. The van der Waals surface area contributed by atoms with E-state index in [2.05, 4.69) is 37.2 Å². The molecule has 0 unspecified atom stereocenters. The van der Waals surface area contributed by atoms with Crippen LogP contribution < -0.4 is 15.8 Å². The average Bonchev–Trinajstić information content (AvgIpc) is 2.37. The van der Waals surface area contributed by atoms with Crippen molar-refractivity contribution >= 4 is 49.1 Å². The third kappa shape index (κ3) is 4.25. The topological polar surface area (TPSA) is 64.3 Å². The van der Waals surface area contributed by atoms with Gasteiger partial charge in [-0.15, -0.1) is 0 Å². The summed E-state index contributed by atoms with van der Waals surface area (Å²) < 4.78 is 7.16. The second-order valence-corrected chi connectivity index (χ2v) is 5.81. The molecule has 6 heteroatoms. The summed E-state index contributed by atoms with van der Waals surface area (Å²) in [6.07, 6.45) is 0. The number of halogens is 2. The minimum atomic E-state index is -0.245. The number of amides is 1. The van der Waals surface area contributed by atoms with Crippen molar-refractivity contribution in [1.82, 2.24) is 0 Å². The van der Waals surface area contributed by atoms with E-state index in [1.165, 1.54) is 0 Å². The highest BCUT2D eigenvalue weighted by Gasteiger charge is 2.06. The van der Waals surface area contributed by atoms with Gasteiger partial charge in [-0.1, -0.05) is 22.0 Å². The number of benzene rings is 2. The first-order chi connectivity index (χ1) is 9.54. The van der Waals surface area contributed by atoms with Gasteiger partial charge in [0.25, 0.3) is 5.91 Å². The maximum absolute atomic E-state index is 11.8. The van der Waals surface area contributed by atoms with Crippen molar-refractivity contribution in [3.63, 3.8) is 0 Å². The van der Waals surface area contributed by atoms with E-state index in [4.69, 9.17) is 10.5 Å². The first kappa shape index (κ1) is 14.9. The molecule has 0 aliphatic carbocycles. The fraction of sp³-hybridized carbons (Fsp3) is 0.0714. The summed E-state index contributed by atoms with van der Waals surface area (Å²) in [6.45, 7) is -0.0744. The fourth-order valence-electron chi connectivity index (χ4n) is 1.55. The van der Waals surface area contributed by atoms with Gasteiger partial charge in [-0.25, -0.2) is 0 Å². The van der Waals surface area contributed by atoms with Crippen LogP contribution in [0.25, 0.3) is 0 Å². The van der Waals surface area contributed by atoms with Crippen molar-refractivity contribution in [2.45, 2.75) is 0 Å². The van der Waals surface area contributed by atoms with Crippen LogP contribution in [0.1, 0.15) is 0 Å². The Kier molecular flexibility index (Phi) is 5.03. The molecule has 1 amide bonds. The van der Waals surface area contributed by atoms with Gasteiger partial charge in [0.1, 0.15) is 5.75 Å².